The quantitative estimate of drug-likeness (QED) is 0.117. The maximum Gasteiger partial charge on any atom is 0.184 e. The molecule has 0 amide bonds. The van der Waals surface area contributed by atoms with E-state index < -0.39 is 67.8 Å². The predicted octanol–water partition coefficient (Wildman–Crippen LogP) is 8.35. The maximum atomic E-state index is 7.21. The lowest BCUT2D eigenvalue weighted by Gasteiger charge is -2.52. The summed E-state index contributed by atoms with van der Waals surface area (Å²) in [5.41, 5.74) is 11.1. The van der Waals surface area contributed by atoms with Gasteiger partial charge in [-0.05, 0) is 34.9 Å². The molecule has 4 aromatic rings. The maximum absolute atomic E-state index is 7.21. The molecule has 7 unspecified atom stereocenters. The van der Waals surface area contributed by atoms with E-state index in [1.54, 1.807) is 0 Å². The highest BCUT2D eigenvalue weighted by Gasteiger charge is 2.55. The average molecular weight is 852 g/mol. The highest BCUT2D eigenvalue weighted by Crippen LogP contribution is 2.43. The number of ether oxygens (including phenoxy) is 10. The van der Waals surface area contributed by atoms with Gasteiger partial charge in [-0.1, -0.05) is 156 Å². The van der Waals surface area contributed by atoms with E-state index in [0.29, 0.717) is 31.7 Å². The first-order valence-corrected chi connectivity index (χ1v) is 22.5. The van der Waals surface area contributed by atoms with E-state index >= 15 is 0 Å². The molecule has 11 nitrogen and oxygen atoms in total. The molecule has 334 valence electrons. The van der Waals surface area contributed by atoms with Crippen molar-refractivity contribution < 1.29 is 47.4 Å². The number of hydrogen-bond donors (Lipinski definition) is 1. The van der Waals surface area contributed by atoms with Gasteiger partial charge in [0.1, 0.15) is 30.5 Å². The summed E-state index contributed by atoms with van der Waals surface area (Å²) in [6.45, 7) is 12.5. The van der Waals surface area contributed by atoms with Crippen molar-refractivity contribution in [3.8, 4) is 0 Å². The molecule has 0 radical (unpaired) electrons. The van der Waals surface area contributed by atoms with Crippen molar-refractivity contribution in [2.45, 2.75) is 135 Å². The largest absolute Gasteiger partial charge is 0.374 e. The van der Waals surface area contributed by atoms with Crippen molar-refractivity contribution in [2.75, 3.05) is 13.2 Å². The second-order valence-electron chi connectivity index (χ2n) is 17.5. The monoisotopic (exact) mass is 851 g/mol. The molecule has 0 aliphatic carbocycles. The fraction of sp³-hybridized carbons (Fsp3) is 0.529. The average Bonchev–Trinajstić information content (AvgIpc) is 3.31. The fourth-order valence-corrected chi connectivity index (χ4v) is 9.23. The van der Waals surface area contributed by atoms with Gasteiger partial charge in [0, 0.05) is 17.4 Å². The number of benzene rings is 4. The molecule has 4 aromatic carbocycles. The summed E-state index contributed by atoms with van der Waals surface area (Å²) in [6.07, 6.45) is -5.17. The molecule has 0 saturated carbocycles. The highest BCUT2D eigenvalue weighted by atomic mass is 16.8. The molecule has 4 fully saturated rings. The van der Waals surface area contributed by atoms with Crippen LogP contribution in [0.2, 0.25) is 0 Å². The molecule has 62 heavy (non-hydrogen) atoms. The predicted molar refractivity (Wildman–Crippen MR) is 233 cm³/mol. The zero-order valence-electron chi connectivity index (χ0n) is 36.7. The number of nitrogens with two attached hydrogens (primary N) is 1. The Hall–Kier alpha value is -3.56. The van der Waals surface area contributed by atoms with Gasteiger partial charge in [0.2, 0.25) is 0 Å². The Kier molecular flexibility index (Phi) is 15.5. The molecule has 4 saturated heterocycles. The molecule has 0 bridgehead atoms. The summed E-state index contributed by atoms with van der Waals surface area (Å²) in [7, 11) is 0. The zero-order chi connectivity index (χ0) is 43.0. The third-order valence-electron chi connectivity index (χ3n) is 13.3. The van der Waals surface area contributed by atoms with Crippen LogP contribution >= 0.6 is 0 Å². The molecule has 2 N–H and O–H groups in total. The summed E-state index contributed by atoms with van der Waals surface area (Å²) in [5, 5.41) is 0. The van der Waals surface area contributed by atoms with Gasteiger partial charge in [0.25, 0.3) is 0 Å². The first kappa shape index (κ1) is 45.0. The van der Waals surface area contributed by atoms with Gasteiger partial charge in [-0.25, -0.2) is 0 Å². The van der Waals surface area contributed by atoms with Crippen molar-refractivity contribution in [3.63, 3.8) is 0 Å². The first-order valence-electron chi connectivity index (χ1n) is 22.5. The van der Waals surface area contributed by atoms with Crippen molar-refractivity contribution in [3.05, 3.63) is 144 Å². The van der Waals surface area contributed by atoms with Gasteiger partial charge < -0.3 is 53.1 Å². The van der Waals surface area contributed by atoms with Crippen molar-refractivity contribution >= 4 is 0 Å². The summed E-state index contributed by atoms with van der Waals surface area (Å²) in [6, 6.07) is 39.3. The lowest BCUT2D eigenvalue weighted by molar-refractivity contribution is -0.392. The van der Waals surface area contributed by atoms with Crippen molar-refractivity contribution in [1.29, 1.82) is 0 Å². The molecule has 4 aliphatic rings. The molecular formula is C51H65NO10. The molecule has 0 aromatic heterocycles. The van der Waals surface area contributed by atoms with Gasteiger partial charge in [-0.3, -0.25) is 0 Å². The molecule has 4 aliphatic heterocycles. The number of hydrogen-bond acceptors (Lipinski definition) is 11. The lowest BCUT2D eigenvalue weighted by atomic mass is 9.78. The summed E-state index contributed by atoms with van der Waals surface area (Å²) >= 11 is 0. The minimum Gasteiger partial charge on any atom is -0.374 e. The van der Waals surface area contributed by atoms with Gasteiger partial charge in [-0.2, -0.15) is 0 Å². The Morgan fingerprint density at radius 3 is 1.71 bits per heavy atom. The van der Waals surface area contributed by atoms with Gasteiger partial charge >= 0.3 is 0 Å². The van der Waals surface area contributed by atoms with Crippen molar-refractivity contribution in [1.82, 2.24) is 0 Å². The smallest absolute Gasteiger partial charge is 0.184 e. The Morgan fingerprint density at radius 1 is 0.532 bits per heavy atom. The van der Waals surface area contributed by atoms with Crippen molar-refractivity contribution in [2.24, 2.45) is 29.4 Å². The molecular weight excluding hydrogens is 787 g/mol. The zero-order valence-corrected chi connectivity index (χ0v) is 36.7. The third kappa shape index (κ3) is 10.7. The number of fused-ring (bicyclic) bond motifs is 1. The van der Waals surface area contributed by atoms with E-state index in [1.807, 2.05) is 121 Å². The van der Waals surface area contributed by atoms with Gasteiger partial charge in [-0.15, -0.1) is 0 Å². The topological polar surface area (TPSA) is 118 Å². The van der Waals surface area contributed by atoms with Gasteiger partial charge in [0.15, 0.2) is 25.2 Å². The summed E-state index contributed by atoms with van der Waals surface area (Å²) in [4.78, 5) is 0. The summed E-state index contributed by atoms with van der Waals surface area (Å²) in [5.74, 6) is 0.601. The van der Waals surface area contributed by atoms with E-state index in [-0.39, 0.29) is 31.2 Å². The van der Waals surface area contributed by atoms with E-state index in [1.165, 1.54) is 0 Å². The Balaban J connectivity index is 1.09. The van der Waals surface area contributed by atoms with Crippen LogP contribution in [-0.2, 0) is 67.2 Å². The standard InChI is InChI=1S/C51H65NO10/c1-6-40-33(3)32(2)34(4)48(57-40)60-44-35(5)49(58-42-31-56-50(62-45(42)44)39-25-17-10-18-26-39)61-46-41(30-53-27-36-19-11-7-12-20-36)59-51(55-29-38-23-15-9-16-24-38)43(52)47(46)54-28-37-21-13-8-14-22-37/h7-26,32-35,40-51H,6,27-31,52H2,1-5H3/t32-,33+,34?,35-,40?,41?,42?,43?,44?,45+,46-,47+,48-,49+,50?,51+/m0/s1. The molecule has 0 spiro atoms. The molecule has 11 heteroatoms. The van der Waals surface area contributed by atoms with Gasteiger partial charge in [0.05, 0.1) is 51.3 Å². The molecule has 16 atom stereocenters. The highest BCUT2D eigenvalue weighted by molar-refractivity contribution is 5.18. The van der Waals surface area contributed by atoms with E-state index in [4.69, 9.17) is 53.1 Å². The van der Waals surface area contributed by atoms with E-state index in [2.05, 4.69) is 34.6 Å². The van der Waals surface area contributed by atoms with Crippen LogP contribution in [0.15, 0.2) is 121 Å². The number of rotatable bonds is 16. The second-order valence-corrected chi connectivity index (χ2v) is 17.5. The van der Waals surface area contributed by atoms with E-state index in [0.717, 1.165) is 28.7 Å². The van der Waals surface area contributed by atoms with Crippen LogP contribution in [0.1, 0.15) is 69.6 Å². The minimum absolute atomic E-state index is 0.0777. The van der Waals surface area contributed by atoms with Crippen LogP contribution in [0, 0.1) is 23.7 Å². The Labute approximate surface area is 367 Å². The Bertz CT molecular complexity index is 1910. The Morgan fingerprint density at radius 2 is 1.08 bits per heavy atom. The van der Waals surface area contributed by atoms with Crippen LogP contribution < -0.4 is 5.73 Å². The van der Waals surface area contributed by atoms with E-state index in [9.17, 15) is 0 Å². The van der Waals surface area contributed by atoms with Crippen LogP contribution in [0.3, 0.4) is 0 Å². The van der Waals surface area contributed by atoms with Crippen LogP contribution in [-0.4, -0.2) is 80.9 Å². The normalized spacial score (nSPS) is 36.2. The molecule has 8 rings (SSSR count). The molecule has 4 heterocycles. The minimum atomic E-state index is -0.817. The fourth-order valence-electron chi connectivity index (χ4n) is 9.23. The summed E-state index contributed by atoms with van der Waals surface area (Å²) < 4.78 is 67.6. The first-order chi connectivity index (χ1) is 30.3. The van der Waals surface area contributed by atoms with Crippen LogP contribution in [0.4, 0.5) is 0 Å². The SMILES string of the molecule is CCC1O[C@@H](OC2[C@@H]3OC(c4ccccc4)OCC3O[C@H](O[C@H]3C(COCc4ccccc4)O[C@@H](OCc4ccccc4)C(N)[C@H]3OCc3ccccc3)[C@H]2C)C(C)[C@@H](C)[C@H]1C. The third-order valence-corrected chi connectivity index (χ3v) is 13.3. The lowest BCUT2D eigenvalue weighted by Crippen LogP contribution is -2.67. The second kappa shape index (κ2) is 21.4. The van der Waals surface area contributed by atoms with Crippen LogP contribution in [0.25, 0.3) is 0 Å². The van der Waals surface area contributed by atoms with Crippen LogP contribution in [0.5, 0.6) is 0 Å².